The van der Waals surface area contributed by atoms with Crippen molar-refractivity contribution in [2.45, 2.75) is 57.6 Å². The zero-order valence-electron chi connectivity index (χ0n) is 17.1. The van der Waals surface area contributed by atoms with Crippen molar-refractivity contribution >= 4 is 22.4 Å². The van der Waals surface area contributed by atoms with Gasteiger partial charge in [0.2, 0.25) is 0 Å². The molecule has 0 aliphatic heterocycles. The number of nitrogens with zero attached hydrogens (tertiary/aromatic N) is 1. The summed E-state index contributed by atoms with van der Waals surface area (Å²) >= 11 is 6.57. The molecule has 160 valence electrons. The molecule has 2 unspecified atom stereocenters. The predicted octanol–water partition coefficient (Wildman–Crippen LogP) is 6.66. The number of aromatic nitrogens is 1. The molecule has 0 spiro atoms. The summed E-state index contributed by atoms with van der Waals surface area (Å²) in [5.41, 5.74) is 6.20. The van der Waals surface area contributed by atoms with Gasteiger partial charge in [0.15, 0.2) is 0 Å². The van der Waals surface area contributed by atoms with E-state index in [0.29, 0.717) is 10.8 Å². The Morgan fingerprint density at radius 2 is 2.03 bits per heavy atom. The van der Waals surface area contributed by atoms with Crippen LogP contribution >= 0.6 is 11.6 Å². The van der Waals surface area contributed by atoms with Crippen LogP contribution in [-0.4, -0.2) is 17.1 Å². The Morgan fingerprint density at radius 1 is 1.27 bits per heavy atom. The molecule has 4 rings (SSSR count). The van der Waals surface area contributed by atoms with E-state index in [2.05, 4.69) is 4.98 Å². The van der Waals surface area contributed by atoms with E-state index in [1.165, 1.54) is 0 Å². The molecular weight excluding hydrogens is 406 g/mol. The summed E-state index contributed by atoms with van der Waals surface area (Å²) in [6, 6.07) is 5.60. The smallest absolute Gasteiger partial charge is 0.138 e. The number of nitrogens with two attached hydrogens (primary N) is 1. The molecule has 0 radical (unpaired) electrons. The van der Waals surface area contributed by atoms with Gasteiger partial charge in [0, 0.05) is 41.7 Å². The third-order valence-corrected chi connectivity index (χ3v) is 7.25. The van der Waals surface area contributed by atoms with Gasteiger partial charge in [-0.3, -0.25) is 4.98 Å². The Bertz CT molecular complexity index is 982. The molecule has 1 aromatic heterocycles. The number of hydrogen-bond acceptors (Lipinski definition) is 3. The Labute approximate surface area is 181 Å². The highest BCUT2D eigenvalue weighted by molar-refractivity contribution is 6.37. The van der Waals surface area contributed by atoms with Gasteiger partial charge >= 0.3 is 0 Å². The molecule has 30 heavy (non-hydrogen) atoms. The average molecular weight is 433 g/mol. The Balaban J connectivity index is 1.51. The number of hydrogen-bond donors (Lipinski definition) is 1. The maximum absolute atomic E-state index is 14.0. The van der Waals surface area contributed by atoms with Crippen molar-refractivity contribution < 1.29 is 13.5 Å². The first kappa shape index (κ1) is 21.3. The molecule has 2 atom stereocenters. The number of halogens is 3. The lowest BCUT2D eigenvalue weighted by atomic mass is 9.59. The summed E-state index contributed by atoms with van der Waals surface area (Å²) in [5, 5.41) is 2.46. The summed E-state index contributed by atoms with van der Waals surface area (Å²) in [6.07, 6.45) is 10.1. The molecule has 2 aliphatic carbocycles. The zero-order valence-corrected chi connectivity index (χ0v) is 17.8. The zero-order chi connectivity index (χ0) is 21.3. The number of fused-ring (bicyclic) bond motifs is 1. The summed E-state index contributed by atoms with van der Waals surface area (Å²) in [4.78, 5) is 4.12. The molecule has 0 amide bonds. The van der Waals surface area contributed by atoms with Crippen molar-refractivity contribution in [3.63, 3.8) is 0 Å². The Hall–Kier alpha value is -1.98. The Morgan fingerprint density at radius 3 is 2.73 bits per heavy atom. The fourth-order valence-electron chi connectivity index (χ4n) is 5.14. The van der Waals surface area contributed by atoms with Crippen LogP contribution in [0.5, 0.6) is 5.75 Å². The molecule has 1 aromatic carbocycles. The third kappa shape index (κ3) is 3.97. The van der Waals surface area contributed by atoms with E-state index in [1.807, 2.05) is 25.1 Å². The van der Waals surface area contributed by atoms with Crippen LogP contribution in [0.1, 0.15) is 45.4 Å². The van der Waals surface area contributed by atoms with Gasteiger partial charge in [-0.1, -0.05) is 18.5 Å². The molecular formula is C24H27ClF2N2O. The van der Waals surface area contributed by atoms with Gasteiger partial charge in [-0.15, -0.1) is 0 Å². The second-order valence-electron chi connectivity index (χ2n) is 8.49. The maximum atomic E-state index is 14.0. The highest BCUT2D eigenvalue weighted by atomic mass is 35.5. The van der Waals surface area contributed by atoms with Gasteiger partial charge in [0.05, 0.1) is 11.1 Å². The highest BCUT2D eigenvalue weighted by Gasteiger charge is 2.46. The fourth-order valence-corrected chi connectivity index (χ4v) is 5.42. The molecule has 1 fully saturated rings. The van der Waals surface area contributed by atoms with E-state index in [4.69, 9.17) is 22.1 Å². The summed E-state index contributed by atoms with van der Waals surface area (Å²) in [7, 11) is 0. The van der Waals surface area contributed by atoms with Crippen LogP contribution in [0.15, 0.2) is 54.4 Å². The molecule has 6 heteroatoms. The van der Waals surface area contributed by atoms with Crippen LogP contribution in [0.4, 0.5) is 8.78 Å². The van der Waals surface area contributed by atoms with E-state index >= 15 is 0 Å². The van der Waals surface area contributed by atoms with E-state index in [0.717, 1.165) is 49.0 Å². The molecule has 2 aliphatic rings. The SMILES string of the molecule is CCC(N)[C@]1(C2C=C(F)C=C(F)C2)CC[C@H](Oc2ccc3cnccc3c2Cl)CC1. The van der Waals surface area contributed by atoms with Crippen LogP contribution < -0.4 is 10.5 Å². The van der Waals surface area contributed by atoms with Gasteiger partial charge in [0.1, 0.15) is 17.4 Å². The minimum atomic E-state index is -0.498. The first-order valence-electron chi connectivity index (χ1n) is 10.6. The van der Waals surface area contributed by atoms with E-state index in [-0.39, 0.29) is 29.9 Å². The molecule has 0 bridgehead atoms. The van der Waals surface area contributed by atoms with Crippen LogP contribution in [0.2, 0.25) is 5.02 Å². The monoisotopic (exact) mass is 432 g/mol. The van der Waals surface area contributed by atoms with Crippen molar-refractivity contribution in [2.75, 3.05) is 0 Å². The molecule has 1 heterocycles. The molecule has 2 N–H and O–H groups in total. The predicted molar refractivity (Wildman–Crippen MR) is 117 cm³/mol. The number of pyridine rings is 1. The van der Waals surface area contributed by atoms with Crippen LogP contribution in [0.25, 0.3) is 10.8 Å². The number of ether oxygens (including phenoxy) is 1. The first-order chi connectivity index (χ1) is 14.4. The van der Waals surface area contributed by atoms with E-state index < -0.39 is 11.7 Å². The van der Waals surface area contributed by atoms with E-state index in [1.54, 1.807) is 18.5 Å². The largest absolute Gasteiger partial charge is 0.489 e. The summed E-state index contributed by atoms with van der Waals surface area (Å²) in [6.45, 7) is 2.04. The second kappa shape index (κ2) is 8.64. The third-order valence-electron chi connectivity index (χ3n) is 6.86. The molecule has 0 saturated heterocycles. The van der Waals surface area contributed by atoms with Gasteiger partial charge in [0.25, 0.3) is 0 Å². The van der Waals surface area contributed by atoms with Crippen molar-refractivity contribution in [3.05, 3.63) is 59.4 Å². The van der Waals surface area contributed by atoms with Crippen molar-refractivity contribution in [1.29, 1.82) is 0 Å². The van der Waals surface area contributed by atoms with Gasteiger partial charge < -0.3 is 10.5 Å². The lowest BCUT2D eigenvalue weighted by Gasteiger charge is -2.48. The first-order valence-corrected chi connectivity index (χ1v) is 11.0. The van der Waals surface area contributed by atoms with Crippen molar-refractivity contribution in [2.24, 2.45) is 17.1 Å². The lowest BCUT2D eigenvalue weighted by Crippen LogP contribution is -2.50. The standard InChI is InChI=1S/C24H27ClF2N2O/c1-2-22(28)24(16-11-17(26)13-18(27)12-16)8-5-19(6-9-24)30-21-4-3-15-14-29-10-7-20(15)23(21)25/h3-4,7,10-11,13-14,16,19,22H,2,5-6,8-9,12,28H2,1H3/t16?,19-,22?,24+. The molecule has 2 aromatic rings. The van der Waals surface area contributed by atoms with Gasteiger partial charge in [-0.2, -0.15) is 0 Å². The van der Waals surface area contributed by atoms with Crippen LogP contribution in [0, 0.1) is 11.3 Å². The highest BCUT2D eigenvalue weighted by Crippen LogP contribution is 2.51. The summed E-state index contributed by atoms with van der Waals surface area (Å²) in [5.74, 6) is -0.471. The van der Waals surface area contributed by atoms with Crippen molar-refractivity contribution in [3.8, 4) is 5.75 Å². The minimum absolute atomic E-state index is 0.00299. The number of benzene rings is 1. The second-order valence-corrected chi connectivity index (χ2v) is 8.87. The molecule has 1 saturated carbocycles. The van der Waals surface area contributed by atoms with Crippen LogP contribution in [-0.2, 0) is 0 Å². The van der Waals surface area contributed by atoms with E-state index in [9.17, 15) is 8.78 Å². The summed E-state index contributed by atoms with van der Waals surface area (Å²) < 4.78 is 34.2. The lowest BCUT2D eigenvalue weighted by molar-refractivity contribution is 0.0265. The van der Waals surface area contributed by atoms with Gasteiger partial charge in [-0.05, 0) is 67.7 Å². The minimum Gasteiger partial charge on any atom is -0.489 e. The average Bonchev–Trinajstić information content (AvgIpc) is 2.75. The quantitative estimate of drug-likeness (QED) is 0.574. The fraction of sp³-hybridized carbons (Fsp3) is 0.458. The molecule has 3 nitrogen and oxygen atoms in total. The van der Waals surface area contributed by atoms with Gasteiger partial charge in [-0.25, -0.2) is 8.78 Å². The Kier molecular flexibility index (Phi) is 6.12. The van der Waals surface area contributed by atoms with Crippen LogP contribution in [0.3, 0.4) is 0 Å². The normalized spacial score (nSPS) is 28.0. The van der Waals surface area contributed by atoms with Crippen molar-refractivity contribution in [1.82, 2.24) is 4.98 Å². The maximum Gasteiger partial charge on any atom is 0.138 e. The topological polar surface area (TPSA) is 48.1 Å². The number of allylic oxidation sites excluding steroid dienone is 4. The number of rotatable bonds is 5.